The number of amides is 2. The van der Waals surface area contributed by atoms with Crippen LogP contribution in [0.3, 0.4) is 0 Å². The highest BCUT2D eigenvalue weighted by Crippen LogP contribution is 2.24. The third-order valence-electron chi connectivity index (χ3n) is 5.28. The van der Waals surface area contributed by atoms with Gasteiger partial charge in [0, 0.05) is 43.8 Å². The Labute approximate surface area is 159 Å². The summed E-state index contributed by atoms with van der Waals surface area (Å²) in [5.74, 6) is 1.06. The summed E-state index contributed by atoms with van der Waals surface area (Å²) in [6.45, 7) is 4.24. The van der Waals surface area contributed by atoms with Gasteiger partial charge in [-0.3, -0.25) is 0 Å². The fourth-order valence-electron chi connectivity index (χ4n) is 3.72. The lowest BCUT2D eigenvalue weighted by Crippen LogP contribution is -2.42. The molecule has 26 heavy (non-hydrogen) atoms. The Morgan fingerprint density at radius 1 is 1.12 bits per heavy atom. The van der Waals surface area contributed by atoms with E-state index in [1.807, 2.05) is 11.1 Å². The molecule has 2 aromatic heterocycles. The number of aromatic nitrogens is 1. The second kappa shape index (κ2) is 8.08. The highest BCUT2D eigenvalue weighted by atomic mass is 32.1. The molecule has 0 spiro atoms. The van der Waals surface area contributed by atoms with Gasteiger partial charge < -0.3 is 15.1 Å². The zero-order chi connectivity index (χ0) is 17.8. The van der Waals surface area contributed by atoms with E-state index in [-0.39, 0.29) is 6.03 Å². The lowest BCUT2D eigenvalue weighted by molar-refractivity contribution is 0.192. The fourth-order valence-corrected chi connectivity index (χ4v) is 4.61. The molecule has 138 valence electrons. The summed E-state index contributed by atoms with van der Waals surface area (Å²) in [6, 6.07) is 6.31. The molecule has 0 atom stereocenters. The van der Waals surface area contributed by atoms with Crippen molar-refractivity contribution in [1.82, 2.24) is 15.2 Å². The van der Waals surface area contributed by atoms with Crippen molar-refractivity contribution >= 4 is 23.2 Å². The first-order valence-corrected chi connectivity index (χ1v) is 10.5. The predicted molar refractivity (Wildman–Crippen MR) is 106 cm³/mol. The maximum Gasteiger partial charge on any atom is 0.317 e. The maximum atomic E-state index is 12.4. The Morgan fingerprint density at radius 3 is 2.73 bits per heavy atom. The third kappa shape index (κ3) is 4.01. The molecular formula is C20H26N4OS. The summed E-state index contributed by atoms with van der Waals surface area (Å²) >= 11 is 1.79. The van der Waals surface area contributed by atoms with Crippen molar-refractivity contribution in [2.24, 2.45) is 0 Å². The predicted octanol–water partition coefficient (Wildman–Crippen LogP) is 3.79. The summed E-state index contributed by atoms with van der Waals surface area (Å²) in [4.78, 5) is 22.8. The van der Waals surface area contributed by atoms with Crippen LogP contribution in [0.25, 0.3) is 0 Å². The zero-order valence-corrected chi connectivity index (χ0v) is 15.9. The molecule has 6 heteroatoms. The number of nitrogens with zero attached hydrogens (tertiary/aromatic N) is 3. The standard InChI is InChI=1S/C20H26N4OS/c25-20(24-11-7-18-17(15-24)8-12-26-18)22-14-16-5-6-19(21-13-16)23-9-3-1-2-4-10-23/h5-6,8,12-13H,1-4,7,9-11,14-15H2,(H,22,25). The van der Waals surface area contributed by atoms with E-state index in [1.165, 1.54) is 36.1 Å². The van der Waals surface area contributed by atoms with Crippen molar-refractivity contribution in [1.29, 1.82) is 0 Å². The Bertz CT molecular complexity index is 735. The van der Waals surface area contributed by atoms with E-state index in [0.29, 0.717) is 6.54 Å². The minimum absolute atomic E-state index is 0.0124. The van der Waals surface area contributed by atoms with Crippen LogP contribution in [0.4, 0.5) is 10.6 Å². The number of hydrogen-bond acceptors (Lipinski definition) is 4. The fraction of sp³-hybridized carbons (Fsp3) is 0.500. The van der Waals surface area contributed by atoms with E-state index in [9.17, 15) is 4.79 Å². The number of carbonyl (C=O) groups excluding carboxylic acids is 1. The molecule has 5 nitrogen and oxygen atoms in total. The van der Waals surface area contributed by atoms with E-state index in [1.54, 1.807) is 11.3 Å². The highest BCUT2D eigenvalue weighted by Gasteiger charge is 2.21. The van der Waals surface area contributed by atoms with Crippen LogP contribution < -0.4 is 10.2 Å². The van der Waals surface area contributed by atoms with Crippen molar-refractivity contribution in [3.8, 4) is 0 Å². The molecule has 0 unspecified atom stereocenters. The number of anilines is 1. The molecule has 0 aliphatic carbocycles. The lowest BCUT2D eigenvalue weighted by Gasteiger charge is -2.27. The molecule has 4 heterocycles. The molecule has 1 fully saturated rings. The van der Waals surface area contributed by atoms with Crippen molar-refractivity contribution in [3.63, 3.8) is 0 Å². The van der Waals surface area contributed by atoms with Crippen molar-refractivity contribution in [2.75, 3.05) is 24.5 Å². The summed E-state index contributed by atoms with van der Waals surface area (Å²) < 4.78 is 0. The number of urea groups is 1. The van der Waals surface area contributed by atoms with Crippen LogP contribution in [-0.4, -0.2) is 35.5 Å². The first-order chi connectivity index (χ1) is 12.8. The number of rotatable bonds is 3. The van der Waals surface area contributed by atoms with Gasteiger partial charge in [0.25, 0.3) is 0 Å². The topological polar surface area (TPSA) is 48.5 Å². The molecule has 2 aliphatic heterocycles. The number of nitrogens with one attached hydrogen (secondary N) is 1. The van der Waals surface area contributed by atoms with Crippen LogP contribution in [0.2, 0.25) is 0 Å². The number of carbonyl (C=O) groups is 1. The van der Waals surface area contributed by atoms with Gasteiger partial charge in [0.2, 0.25) is 0 Å². The van der Waals surface area contributed by atoms with E-state index in [4.69, 9.17) is 0 Å². The van der Waals surface area contributed by atoms with Crippen molar-refractivity contribution < 1.29 is 4.79 Å². The van der Waals surface area contributed by atoms with Gasteiger partial charge in [-0.15, -0.1) is 11.3 Å². The molecule has 2 aromatic rings. The van der Waals surface area contributed by atoms with Gasteiger partial charge in [0.1, 0.15) is 5.82 Å². The smallest absolute Gasteiger partial charge is 0.317 e. The van der Waals surface area contributed by atoms with E-state index < -0.39 is 0 Å². The average Bonchev–Trinajstić information content (AvgIpc) is 2.98. The van der Waals surface area contributed by atoms with Crippen molar-refractivity contribution in [3.05, 3.63) is 45.8 Å². The SMILES string of the molecule is O=C(NCc1ccc(N2CCCCCC2)nc1)N1CCc2sccc2C1. The van der Waals surface area contributed by atoms with Gasteiger partial charge in [-0.25, -0.2) is 9.78 Å². The summed E-state index contributed by atoms with van der Waals surface area (Å²) in [5, 5.41) is 5.15. The van der Waals surface area contributed by atoms with Crippen molar-refractivity contribution in [2.45, 2.75) is 45.2 Å². The molecular weight excluding hydrogens is 344 g/mol. The third-order valence-corrected chi connectivity index (χ3v) is 6.30. The van der Waals surface area contributed by atoms with Gasteiger partial charge in [-0.1, -0.05) is 18.9 Å². The summed E-state index contributed by atoms with van der Waals surface area (Å²) in [5.41, 5.74) is 2.34. The first kappa shape index (κ1) is 17.3. The van der Waals surface area contributed by atoms with Gasteiger partial charge in [0.15, 0.2) is 0 Å². The molecule has 2 aliphatic rings. The number of thiophene rings is 1. The number of hydrogen-bond donors (Lipinski definition) is 1. The van der Waals surface area contributed by atoms with Crippen LogP contribution in [0, 0.1) is 0 Å². The Hall–Kier alpha value is -2.08. The monoisotopic (exact) mass is 370 g/mol. The molecule has 0 saturated carbocycles. The lowest BCUT2D eigenvalue weighted by atomic mass is 10.1. The zero-order valence-electron chi connectivity index (χ0n) is 15.1. The second-order valence-corrected chi connectivity index (χ2v) is 8.13. The number of pyridine rings is 1. The minimum atomic E-state index is 0.0124. The largest absolute Gasteiger partial charge is 0.357 e. The Morgan fingerprint density at radius 2 is 1.96 bits per heavy atom. The quantitative estimate of drug-likeness (QED) is 0.894. The Kier molecular flexibility index (Phi) is 5.39. The Balaban J connectivity index is 1.30. The van der Waals surface area contributed by atoms with Gasteiger partial charge in [-0.2, -0.15) is 0 Å². The van der Waals surface area contributed by atoms with Crippen LogP contribution in [0.1, 0.15) is 41.7 Å². The summed E-state index contributed by atoms with van der Waals surface area (Å²) in [6.07, 6.45) is 8.01. The molecule has 1 N–H and O–H groups in total. The highest BCUT2D eigenvalue weighted by molar-refractivity contribution is 7.10. The first-order valence-electron chi connectivity index (χ1n) is 9.57. The summed E-state index contributed by atoms with van der Waals surface area (Å²) in [7, 11) is 0. The maximum absolute atomic E-state index is 12.4. The van der Waals surface area contributed by atoms with E-state index >= 15 is 0 Å². The molecule has 0 aromatic carbocycles. The van der Waals surface area contributed by atoms with Gasteiger partial charge in [-0.05, 0) is 47.9 Å². The molecule has 4 rings (SSSR count). The minimum Gasteiger partial charge on any atom is -0.357 e. The van der Waals surface area contributed by atoms with Crippen LogP contribution in [-0.2, 0) is 19.5 Å². The van der Waals surface area contributed by atoms with E-state index in [2.05, 4.69) is 38.8 Å². The van der Waals surface area contributed by atoms with Gasteiger partial charge in [0.05, 0.1) is 0 Å². The normalized spacial score (nSPS) is 17.5. The van der Waals surface area contributed by atoms with Crippen LogP contribution >= 0.6 is 11.3 Å². The number of fused-ring (bicyclic) bond motifs is 1. The molecule has 0 bridgehead atoms. The molecule has 0 radical (unpaired) electrons. The molecule has 2 amide bonds. The van der Waals surface area contributed by atoms with E-state index in [0.717, 1.165) is 44.0 Å². The second-order valence-electron chi connectivity index (χ2n) is 7.13. The van der Waals surface area contributed by atoms with Crippen LogP contribution in [0.15, 0.2) is 29.8 Å². The van der Waals surface area contributed by atoms with Crippen LogP contribution in [0.5, 0.6) is 0 Å². The van der Waals surface area contributed by atoms with Gasteiger partial charge >= 0.3 is 6.03 Å². The average molecular weight is 371 g/mol. The molecule has 1 saturated heterocycles.